The number of halogens is 3. The largest absolute Gasteiger partial charge is 0.416 e. The summed E-state index contributed by atoms with van der Waals surface area (Å²) in [6.45, 7) is 3.05. The Hall–Kier alpha value is -1.32. The molecule has 0 heterocycles. The highest BCUT2D eigenvalue weighted by Gasteiger charge is 2.30. The number of Topliss-reactive ketones (excluding diaryl/α,β-unsaturated/α-hetero) is 1. The summed E-state index contributed by atoms with van der Waals surface area (Å²) >= 11 is 0. The Bertz CT molecular complexity index is 380. The second-order valence-electron chi connectivity index (χ2n) is 3.52. The fourth-order valence-electron chi connectivity index (χ4n) is 1.31. The summed E-state index contributed by atoms with van der Waals surface area (Å²) in [6.07, 6.45) is -4.30. The number of alkyl halides is 3. The van der Waals surface area contributed by atoms with Crippen molar-refractivity contribution in [3.8, 4) is 0 Å². The molecule has 0 amide bonds. The van der Waals surface area contributed by atoms with Crippen LogP contribution in [0.2, 0.25) is 0 Å². The van der Waals surface area contributed by atoms with Gasteiger partial charge in [0.15, 0.2) is 0 Å². The lowest BCUT2D eigenvalue weighted by atomic mass is 10.0. The highest BCUT2D eigenvalue weighted by Crippen LogP contribution is 2.30. The molecule has 15 heavy (non-hydrogen) atoms. The minimum atomic E-state index is -4.35. The molecule has 1 rings (SSSR count). The van der Waals surface area contributed by atoms with E-state index in [1.807, 2.05) is 0 Å². The van der Waals surface area contributed by atoms with Crippen molar-refractivity contribution in [1.29, 1.82) is 0 Å². The van der Waals surface area contributed by atoms with Crippen LogP contribution in [0.5, 0.6) is 0 Å². The summed E-state index contributed by atoms with van der Waals surface area (Å²) < 4.78 is 37.1. The number of rotatable bonds is 2. The number of carbonyl (C=O) groups is 1. The topological polar surface area (TPSA) is 17.1 Å². The van der Waals surface area contributed by atoms with E-state index in [0.717, 1.165) is 12.1 Å². The number of hydrogen-bond donors (Lipinski definition) is 0. The van der Waals surface area contributed by atoms with Crippen LogP contribution in [-0.4, -0.2) is 5.78 Å². The minimum Gasteiger partial charge on any atom is -0.300 e. The molecule has 0 aromatic heterocycles. The molecule has 0 aliphatic carbocycles. The van der Waals surface area contributed by atoms with Crippen LogP contribution in [0.3, 0.4) is 0 Å². The number of benzene rings is 1. The van der Waals surface area contributed by atoms with Gasteiger partial charge in [0, 0.05) is 6.42 Å². The zero-order valence-electron chi connectivity index (χ0n) is 8.48. The second-order valence-corrected chi connectivity index (χ2v) is 3.52. The Morgan fingerprint density at radius 3 is 2.40 bits per heavy atom. The van der Waals surface area contributed by atoms with Crippen LogP contribution in [-0.2, 0) is 17.4 Å². The smallest absolute Gasteiger partial charge is 0.300 e. The predicted molar refractivity (Wildman–Crippen MR) is 50.6 cm³/mol. The summed E-state index contributed by atoms with van der Waals surface area (Å²) in [5.74, 6) is -0.141. The molecule has 0 saturated carbocycles. The first-order valence-corrected chi connectivity index (χ1v) is 4.47. The van der Waals surface area contributed by atoms with E-state index in [2.05, 4.69) is 0 Å². The summed E-state index contributed by atoms with van der Waals surface area (Å²) in [5.41, 5.74) is 0.444. The van der Waals surface area contributed by atoms with Gasteiger partial charge in [-0.2, -0.15) is 13.2 Å². The zero-order chi connectivity index (χ0) is 11.6. The second kappa shape index (κ2) is 4.04. The third kappa shape index (κ3) is 3.08. The standard InChI is InChI=1S/C11H11F3O/c1-7-3-4-10(11(12,13)14)6-9(7)5-8(2)15/h3-4,6H,5H2,1-2H3. The fourth-order valence-corrected chi connectivity index (χ4v) is 1.31. The summed E-state index contributed by atoms with van der Waals surface area (Å²) in [4.78, 5) is 10.8. The first-order chi connectivity index (χ1) is 6.80. The van der Waals surface area contributed by atoms with Crippen molar-refractivity contribution in [1.82, 2.24) is 0 Å². The van der Waals surface area contributed by atoms with Crippen molar-refractivity contribution in [3.05, 3.63) is 34.9 Å². The molecule has 0 unspecified atom stereocenters. The van der Waals surface area contributed by atoms with Crippen molar-refractivity contribution < 1.29 is 18.0 Å². The van der Waals surface area contributed by atoms with Crippen molar-refractivity contribution in [2.24, 2.45) is 0 Å². The molecular formula is C11H11F3O. The Morgan fingerprint density at radius 2 is 1.93 bits per heavy atom. The van der Waals surface area contributed by atoms with E-state index in [0.29, 0.717) is 11.1 Å². The van der Waals surface area contributed by atoms with Crippen LogP contribution >= 0.6 is 0 Å². The molecule has 4 heteroatoms. The zero-order valence-corrected chi connectivity index (χ0v) is 8.48. The highest BCUT2D eigenvalue weighted by atomic mass is 19.4. The molecule has 0 aliphatic rings. The van der Waals surface area contributed by atoms with Gasteiger partial charge in [0.25, 0.3) is 0 Å². The lowest BCUT2D eigenvalue weighted by molar-refractivity contribution is -0.137. The normalized spacial score (nSPS) is 11.5. The quantitative estimate of drug-likeness (QED) is 0.742. The molecule has 1 nitrogen and oxygen atoms in total. The molecule has 0 atom stereocenters. The van der Waals surface area contributed by atoms with Crippen LogP contribution < -0.4 is 0 Å². The molecule has 0 bridgehead atoms. The monoisotopic (exact) mass is 216 g/mol. The van der Waals surface area contributed by atoms with Gasteiger partial charge in [0.2, 0.25) is 0 Å². The first-order valence-electron chi connectivity index (χ1n) is 4.47. The molecule has 0 fully saturated rings. The van der Waals surface area contributed by atoms with Crippen LogP contribution in [0.4, 0.5) is 13.2 Å². The van der Waals surface area contributed by atoms with Crippen molar-refractivity contribution in [2.45, 2.75) is 26.4 Å². The van der Waals surface area contributed by atoms with E-state index < -0.39 is 11.7 Å². The average molecular weight is 216 g/mol. The van der Waals surface area contributed by atoms with Crippen LogP contribution in [0.15, 0.2) is 18.2 Å². The highest BCUT2D eigenvalue weighted by molar-refractivity contribution is 5.78. The molecule has 1 aromatic rings. The van der Waals surface area contributed by atoms with Gasteiger partial charge in [-0.1, -0.05) is 6.07 Å². The van der Waals surface area contributed by atoms with Gasteiger partial charge >= 0.3 is 6.18 Å². The van der Waals surface area contributed by atoms with Crippen LogP contribution in [0, 0.1) is 6.92 Å². The maximum absolute atomic E-state index is 12.4. The van der Waals surface area contributed by atoms with Crippen molar-refractivity contribution in [3.63, 3.8) is 0 Å². The van der Waals surface area contributed by atoms with E-state index >= 15 is 0 Å². The Morgan fingerprint density at radius 1 is 1.33 bits per heavy atom. The maximum Gasteiger partial charge on any atom is 0.416 e. The molecule has 0 saturated heterocycles. The first kappa shape index (κ1) is 11.8. The summed E-state index contributed by atoms with van der Waals surface area (Å²) in [6, 6.07) is 3.46. The third-order valence-corrected chi connectivity index (χ3v) is 2.12. The van der Waals surface area contributed by atoms with Gasteiger partial charge in [-0.25, -0.2) is 0 Å². The fraction of sp³-hybridized carbons (Fsp3) is 0.364. The van der Waals surface area contributed by atoms with E-state index in [4.69, 9.17) is 0 Å². The molecule has 0 aliphatic heterocycles. The average Bonchev–Trinajstić information content (AvgIpc) is 2.06. The summed E-state index contributed by atoms with van der Waals surface area (Å²) in [7, 11) is 0. The Balaban J connectivity index is 3.11. The van der Waals surface area contributed by atoms with Gasteiger partial charge < -0.3 is 0 Å². The molecule has 0 N–H and O–H groups in total. The van der Waals surface area contributed by atoms with E-state index in [1.54, 1.807) is 6.92 Å². The minimum absolute atomic E-state index is 0.0513. The molecule has 0 spiro atoms. The van der Waals surface area contributed by atoms with Crippen LogP contribution in [0.1, 0.15) is 23.6 Å². The van der Waals surface area contributed by atoms with Gasteiger partial charge in [-0.05, 0) is 37.1 Å². The van der Waals surface area contributed by atoms with Crippen LogP contribution in [0.25, 0.3) is 0 Å². The lowest BCUT2D eigenvalue weighted by Crippen LogP contribution is -2.07. The van der Waals surface area contributed by atoms with E-state index in [1.165, 1.54) is 13.0 Å². The number of carbonyl (C=O) groups excluding carboxylic acids is 1. The molecule has 1 aromatic carbocycles. The van der Waals surface area contributed by atoms with Gasteiger partial charge in [-0.15, -0.1) is 0 Å². The predicted octanol–water partition coefficient (Wildman–Crippen LogP) is 3.15. The lowest BCUT2D eigenvalue weighted by Gasteiger charge is -2.10. The molecule has 82 valence electrons. The maximum atomic E-state index is 12.4. The van der Waals surface area contributed by atoms with Gasteiger partial charge in [0.1, 0.15) is 5.78 Å². The molecule has 0 radical (unpaired) electrons. The third-order valence-electron chi connectivity index (χ3n) is 2.12. The summed E-state index contributed by atoms with van der Waals surface area (Å²) in [5, 5.41) is 0. The van der Waals surface area contributed by atoms with Gasteiger partial charge in [0.05, 0.1) is 5.56 Å². The number of hydrogen-bond acceptors (Lipinski definition) is 1. The van der Waals surface area contributed by atoms with E-state index in [9.17, 15) is 18.0 Å². The van der Waals surface area contributed by atoms with Crippen molar-refractivity contribution >= 4 is 5.78 Å². The SMILES string of the molecule is CC(=O)Cc1cc(C(F)(F)F)ccc1C. The van der Waals surface area contributed by atoms with E-state index in [-0.39, 0.29) is 12.2 Å². The Kier molecular flexibility index (Phi) is 3.17. The van der Waals surface area contributed by atoms with Gasteiger partial charge in [-0.3, -0.25) is 4.79 Å². The Labute approximate surface area is 85.9 Å². The van der Waals surface area contributed by atoms with Crippen molar-refractivity contribution in [2.75, 3.05) is 0 Å². The number of aryl methyl sites for hydroxylation is 1. The molecular weight excluding hydrogens is 205 g/mol. The number of ketones is 1.